The molecule has 2 N–H and O–H groups in total. The summed E-state index contributed by atoms with van der Waals surface area (Å²) in [4.78, 5) is 4.39. The number of hydrogen-bond donors (Lipinski definition) is 2. The van der Waals surface area contributed by atoms with Gasteiger partial charge in [0.1, 0.15) is 5.82 Å². The van der Waals surface area contributed by atoms with Gasteiger partial charge in [-0.1, -0.05) is 28.9 Å². The maximum atomic E-state index is 13.7. The van der Waals surface area contributed by atoms with Crippen LogP contribution in [-0.2, 0) is 16.3 Å². The summed E-state index contributed by atoms with van der Waals surface area (Å²) in [5, 5.41) is 6.08. The lowest BCUT2D eigenvalue weighted by Gasteiger charge is -2.11. The molecule has 0 aliphatic rings. The Morgan fingerprint density at radius 3 is 2.67 bits per heavy atom. The largest absolute Gasteiger partial charge is 0.357 e. The number of aliphatic imine (C=N–C) groups is 1. The summed E-state index contributed by atoms with van der Waals surface area (Å²) in [5.41, 5.74) is 0.667. The van der Waals surface area contributed by atoms with Gasteiger partial charge < -0.3 is 10.6 Å². The van der Waals surface area contributed by atoms with Crippen LogP contribution in [0, 0.1) is 5.82 Å². The average molecular weight is 422 g/mol. The van der Waals surface area contributed by atoms with Crippen molar-refractivity contribution >= 4 is 31.7 Å². The lowest BCUT2D eigenvalue weighted by atomic mass is 10.1. The van der Waals surface area contributed by atoms with Crippen LogP contribution in [-0.4, -0.2) is 45.5 Å². The van der Waals surface area contributed by atoms with Gasteiger partial charge in [0.25, 0.3) is 0 Å². The molecule has 1 rings (SSSR count). The summed E-state index contributed by atoms with van der Waals surface area (Å²) < 4.78 is 37.4. The van der Waals surface area contributed by atoms with Crippen molar-refractivity contribution in [2.45, 2.75) is 26.7 Å². The van der Waals surface area contributed by atoms with E-state index in [4.69, 9.17) is 0 Å². The third-order valence-corrected chi connectivity index (χ3v) is 5.58. The van der Waals surface area contributed by atoms with Crippen molar-refractivity contribution in [3.05, 3.63) is 34.1 Å². The minimum atomic E-state index is -2.99. The minimum absolute atomic E-state index is 0.0814. The zero-order valence-electron chi connectivity index (χ0n) is 14.1. The lowest BCUT2D eigenvalue weighted by molar-refractivity contribution is 0.595. The first kappa shape index (κ1) is 20.9. The third-order valence-electron chi connectivity index (χ3n) is 3.38. The fourth-order valence-electron chi connectivity index (χ4n) is 2.00. The molecular formula is C16H25BrFN3O2S. The van der Waals surface area contributed by atoms with Gasteiger partial charge in [0, 0.05) is 29.9 Å². The fraction of sp³-hybridized carbons (Fsp3) is 0.562. The van der Waals surface area contributed by atoms with E-state index < -0.39 is 9.84 Å². The van der Waals surface area contributed by atoms with Crippen LogP contribution in [0.2, 0.25) is 0 Å². The van der Waals surface area contributed by atoms with Gasteiger partial charge in [0.2, 0.25) is 0 Å². The molecule has 0 radical (unpaired) electrons. The minimum Gasteiger partial charge on any atom is -0.357 e. The van der Waals surface area contributed by atoms with Crippen LogP contribution in [0.15, 0.2) is 27.7 Å². The van der Waals surface area contributed by atoms with Crippen LogP contribution < -0.4 is 10.6 Å². The second-order valence-electron chi connectivity index (χ2n) is 5.26. The first-order valence-electron chi connectivity index (χ1n) is 8.04. The normalized spacial score (nSPS) is 12.2. The average Bonchev–Trinajstić information content (AvgIpc) is 2.53. The highest BCUT2D eigenvalue weighted by Gasteiger charge is 2.07. The van der Waals surface area contributed by atoms with Crippen LogP contribution in [0.3, 0.4) is 0 Å². The number of guanidine groups is 1. The number of benzene rings is 1. The molecule has 0 fully saturated rings. The topological polar surface area (TPSA) is 70.6 Å². The molecule has 5 nitrogen and oxygen atoms in total. The fourth-order valence-corrected chi connectivity index (χ4v) is 3.03. The van der Waals surface area contributed by atoms with Crippen molar-refractivity contribution in [2.24, 2.45) is 4.99 Å². The molecule has 0 bridgehead atoms. The zero-order valence-corrected chi connectivity index (χ0v) is 16.5. The molecule has 0 amide bonds. The standard InChI is InChI=1S/C16H25BrFN3O2S/c1-3-19-16(21-10-11-24(22,23)4-2)20-9-5-6-13-7-8-14(17)12-15(13)18/h7-8,12H,3-6,9-11H2,1-2H3,(H2,19,20,21). The Hall–Kier alpha value is -1.15. The molecule has 136 valence electrons. The number of halogens is 2. The van der Waals surface area contributed by atoms with E-state index in [0.29, 0.717) is 44.0 Å². The van der Waals surface area contributed by atoms with Gasteiger partial charge in [-0.3, -0.25) is 4.99 Å². The molecule has 1 aromatic carbocycles. The SMILES string of the molecule is CCNC(=NCCCc1ccc(Br)cc1F)NCCS(=O)(=O)CC. The van der Waals surface area contributed by atoms with E-state index in [9.17, 15) is 12.8 Å². The molecule has 0 saturated heterocycles. The van der Waals surface area contributed by atoms with Gasteiger partial charge in [0.15, 0.2) is 15.8 Å². The molecule has 0 aliphatic heterocycles. The number of aryl methyl sites for hydroxylation is 1. The van der Waals surface area contributed by atoms with E-state index in [1.807, 2.05) is 13.0 Å². The maximum Gasteiger partial charge on any atom is 0.191 e. The lowest BCUT2D eigenvalue weighted by Crippen LogP contribution is -2.39. The van der Waals surface area contributed by atoms with Gasteiger partial charge in [-0.15, -0.1) is 0 Å². The number of sulfone groups is 1. The number of hydrogen-bond acceptors (Lipinski definition) is 3. The van der Waals surface area contributed by atoms with Gasteiger partial charge in [-0.25, -0.2) is 12.8 Å². The molecule has 8 heteroatoms. The molecule has 0 saturated carbocycles. The number of nitrogens with one attached hydrogen (secondary N) is 2. The van der Waals surface area contributed by atoms with Crippen molar-refractivity contribution < 1.29 is 12.8 Å². The molecule has 0 heterocycles. The number of nitrogens with zero attached hydrogens (tertiary/aromatic N) is 1. The monoisotopic (exact) mass is 421 g/mol. The van der Waals surface area contributed by atoms with Gasteiger partial charge in [-0.2, -0.15) is 0 Å². The Kier molecular flexibility index (Phi) is 9.28. The molecular weight excluding hydrogens is 397 g/mol. The smallest absolute Gasteiger partial charge is 0.191 e. The molecule has 0 aliphatic carbocycles. The highest BCUT2D eigenvalue weighted by atomic mass is 79.9. The summed E-state index contributed by atoms with van der Waals surface area (Å²) in [6, 6.07) is 5.04. The van der Waals surface area contributed by atoms with E-state index in [-0.39, 0.29) is 17.3 Å². The molecule has 0 spiro atoms. The van der Waals surface area contributed by atoms with Crippen molar-refractivity contribution in [1.82, 2.24) is 10.6 Å². The molecule has 0 aromatic heterocycles. The Bertz CT molecular complexity index is 651. The van der Waals surface area contributed by atoms with Crippen LogP contribution in [0.1, 0.15) is 25.8 Å². The predicted molar refractivity (Wildman–Crippen MR) is 101 cm³/mol. The first-order valence-corrected chi connectivity index (χ1v) is 10.7. The second kappa shape index (κ2) is 10.7. The Labute approximate surface area is 152 Å². The first-order chi connectivity index (χ1) is 11.4. The summed E-state index contributed by atoms with van der Waals surface area (Å²) in [5.74, 6) is 0.585. The van der Waals surface area contributed by atoms with Crippen molar-refractivity contribution in [3.8, 4) is 0 Å². The van der Waals surface area contributed by atoms with E-state index in [0.717, 1.165) is 4.47 Å². The van der Waals surface area contributed by atoms with Crippen LogP contribution >= 0.6 is 15.9 Å². The van der Waals surface area contributed by atoms with Crippen LogP contribution in [0.4, 0.5) is 4.39 Å². The van der Waals surface area contributed by atoms with Crippen molar-refractivity contribution in [2.75, 3.05) is 31.1 Å². The molecule has 0 atom stereocenters. The number of rotatable bonds is 9. The molecule has 1 aromatic rings. The van der Waals surface area contributed by atoms with Gasteiger partial charge in [0.05, 0.1) is 5.75 Å². The molecule has 24 heavy (non-hydrogen) atoms. The van der Waals surface area contributed by atoms with Crippen molar-refractivity contribution in [3.63, 3.8) is 0 Å². The Morgan fingerprint density at radius 1 is 1.29 bits per heavy atom. The second-order valence-corrected chi connectivity index (χ2v) is 8.65. The summed E-state index contributed by atoms with van der Waals surface area (Å²) in [6.45, 7) is 5.12. The maximum absolute atomic E-state index is 13.7. The van der Waals surface area contributed by atoms with E-state index in [2.05, 4.69) is 31.6 Å². The van der Waals surface area contributed by atoms with E-state index in [1.54, 1.807) is 13.0 Å². The highest BCUT2D eigenvalue weighted by Crippen LogP contribution is 2.16. The van der Waals surface area contributed by atoms with Gasteiger partial charge >= 0.3 is 0 Å². The zero-order chi connectivity index (χ0) is 18.0. The van der Waals surface area contributed by atoms with Gasteiger partial charge in [-0.05, 0) is 37.5 Å². The summed E-state index contributed by atoms with van der Waals surface area (Å²) in [7, 11) is -2.99. The Balaban J connectivity index is 2.45. The Morgan fingerprint density at radius 2 is 2.04 bits per heavy atom. The molecule has 0 unspecified atom stereocenters. The van der Waals surface area contributed by atoms with Crippen LogP contribution in [0.5, 0.6) is 0 Å². The summed E-state index contributed by atoms with van der Waals surface area (Å²) in [6.07, 6.45) is 1.31. The van der Waals surface area contributed by atoms with E-state index >= 15 is 0 Å². The van der Waals surface area contributed by atoms with Crippen molar-refractivity contribution in [1.29, 1.82) is 0 Å². The predicted octanol–water partition coefficient (Wildman–Crippen LogP) is 2.51. The van der Waals surface area contributed by atoms with E-state index in [1.165, 1.54) is 6.07 Å². The highest BCUT2D eigenvalue weighted by molar-refractivity contribution is 9.10. The summed E-state index contributed by atoms with van der Waals surface area (Å²) >= 11 is 3.24. The third kappa shape index (κ3) is 8.10. The quantitative estimate of drug-likeness (QED) is 0.365. The van der Waals surface area contributed by atoms with Crippen LogP contribution in [0.25, 0.3) is 0 Å².